The first-order chi connectivity index (χ1) is 10.9. The number of amides is 2. The summed E-state index contributed by atoms with van der Waals surface area (Å²) in [5.74, 6) is -1.32. The molecule has 7 nitrogen and oxygen atoms in total. The van der Waals surface area contributed by atoms with Gasteiger partial charge in [0, 0.05) is 24.8 Å². The van der Waals surface area contributed by atoms with Crippen molar-refractivity contribution in [3.63, 3.8) is 0 Å². The normalized spacial score (nSPS) is 10.4. The van der Waals surface area contributed by atoms with Gasteiger partial charge in [-0.25, -0.2) is 9.80 Å². The van der Waals surface area contributed by atoms with Gasteiger partial charge in [0.05, 0.1) is 13.2 Å². The number of rotatable bonds is 4. The first-order valence-corrected chi connectivity index (χ1v) is 7.16. The number of carbonyl (C=O) groups excluding carboxylic acids is 3. The summed E-state index contributed by atoms with van der Waals surface area (Å²) in [5, 5.41) is 1.81. The van der Waals surface area contributed by atoms with Gasteiger partial charge in [0.1, 0.15) is 5.58 Å². The highest BCUT2D eigenvalue weighted by Gasteiger charge is 2.24. The van der Waals surface area contributed by atoms with E-state index in [1.165, 1.54) is 13.8 Å². The van der Waals surface area contributed by atoms with Gasteiger partial charge in [0.15, 0.2) is 0 Å². The van der Waals surface area contributed by atoms with Gasteiger partial charge in [-0.05, 0) is 13.0 Å². The smallest absolute Gasteiger partial charge is 0.374 e. The van der Waals surface area contributed by atoms with Gasteiger partial charge in [-0.3, -0.25) is 15.0 Å². The number of esters is 1. The van der Waals surface area contributed by atoms with Crippen molar-refractivity contribution in [1.29, 1.82) is 0 Å². The third kappa shape index (κ3) is 3.68. The molecule has 0 bridgehead atoms. The number of furan rings is 1. The summed E-state index contributed by atoms with van der Waals surface area (Å²) >= 11 is 0. The average molecular weight is 318 g/mol. The fourth-order valence-electron chi connectivity index (χ4n) is 2.20. The lowest BCUT2D eigenvalue weighted by Gasteiger charge is -2.20. The van der Waals surface area contributed by atoms with Crippen molar-refractivity contribution in [2.75, 3.05) is 6.61 Å². The maximum Gasteiger partial charge on any atom is 0.374 e. The molecule has 1 N–H and O–H groups in total. The van der Waals surface area contributed by atoms with Crippen molar-refractivity contribution in [2.24, 2.45) is 0 Å². The Morgan fingerprint density at radius 3 is 2.52 bits per heavy atom. The van der Waals surface area contributed by atoms with E-state index in [0.29, 0.717) is 16.5 Å². The second-order valence-electron chi connectivity index (χ2n) is 4.90. The number of carbonyl (C=O) groups is 3. The number of fused-ring (bicyclic) bond motifs is 1. The van der Waals surface area contributed by atoms with Crippen molar-refractivity contribution >= 4 is 28.8 Å². The van der Waals surface area contributed by atoms with Gasteiger partial charge in [0.2, 0.25) is 17.6 Å². The number of ether oxygens (including phenoxy) is 1. The van der Waals surface area contributed by atoms with Crippen molar-refractivity contribution in [1.82, 2.24) is 10.4 Å². The maximum atomic E-state index is 12.1. The van der Waals surface area contributed by atoms with Crippen LogP contribution in [0.15, 0.2) is 28.7 Å². The summed E-state index contributed by atoms with van der Waals surface area (Å²) in [5.41, 5.74) is 3.43. The molecule has 2 amide bonds. The molecule has 0 aliphatic rings. The second kappa shape index (κ2) is 6.95. The number of nitrogens with one attached hydrogen (secondary N) is 1. The van der Waals surface area contributed by atoms with Gasteiger partial charge in [0.25, 0.3) is 0 Å². The Morgan fingerprint density at radius 2 is 1.91 bits per heavy atom. The van der Waals surface area contributed by atoms with Crippen molar-refractivity contribution < 1.29 is 23.5 Å². The number of para-hydroxylation sites is 1. The van der Waals surface area contributed by atoms with E-state index in [0.717, 1.165) is 5.01 Å². The minimum atomic E-state index is -0.606. The Hall–Kier alpha value is -2.83. The lowest BCUT2D eigenvalue weighted by atomic mass is 10.1. The van der Waals surface area contributed by atoms with E-state index in [1.807, 2.05) is 0 Å². The van der Waals surface area contributed by atoms with Crippen LogP contribution in [0.3, 0.4) is 0 Å². The summed E-state index contributed by atoms with van der Waals surface area (Å²) in [6, 6.07) is 7.08. The molecule has 2 rings (SSSR count). The summed E-state index contributed by atoms with van der Waals surface area (Å²) in [4.78, 5) is 35.1. The van der Waals surface area contributed by atoms with Crippen molar-refractivity contribution in [3.05, 3.63) is 35.6 Å². The van der Waals surface area contributed by atoms with E-state index in [4.69, 9.17) is 9.15 Å². The van der Waals surface area contributed by atoms with E-state index in [9.17, 15) is 14.4 Å². The van der Waals surface area contributed by atoms with Crippen LogP contribution < -0.4 is 5.43 Å². The molecule has 0 fully saturated rings. The van der Waals surface area contributed by atoms with E-state index < -0.39 is 5.97 Å². The molecule has 0 atom stereocenters. The Balaban J connectivity index is 2.47. The third-order valence-corrected chi connectivity index (χ3v) is 3.15. The van der Waals surface area contributed by atoms with E-state index >= 15 is 0 Å². The number of benzene rings is 1. The van der Waals surface area contributed by atoms with Gasteiger partial charge in [-0.15, -0.1) is 0 Å². The largest absolute Gasteiger partial charge is 0.460 e. The van der Waals surface area contributed by atoms with Crippen LogP contribution in [0.4, 0.5) is 0 Å². The SMILES string of the molecule is CCOC(=O)c1oc2ccccc2c1CN(NC(C)=O)C(C)=O. The van der Waals surface area contributed by atoms with Gasteiger partial charge >= 0.3 is 5.97 Å². The highest BCUT2D eigenvalue weighted by Crippen LogP contribution is 2.27. The van der Waals surface area contributed by atoms with Crippen LogP contribution in [-0.4, -0.2) is 29.4 Å². The molecule has 0 unspecified atom stereocenters. The molecule has 1 aromatic carbocycles. The highest BCUT2D eigenvalue weighted by atomic mass is 16.5. The number of hydrogen-bond donors (Lipinski definition) is 1. The second-order valence-corrected chi connectivity index (χ2v) is 4.90. The summed E-state index contributed by atoms with van der Waals surface area (Å²) in [7, 11) is 0. The molecule has 122 valence electrons. The number of nitrogens with zero attached hydrogens (tertiary/aromatic N) is 1. The topological polar surface area (TPSA) is 88.8 Å². The van der Waals surface area contributed by atoms with Gasteiger partial charge in [-0.1, -0.05) is 18.2 Å². The van der Waals surface area contributed by atoms with E-state index in [-0.39, 0.29) is 30.7 Å². The first-order valence-electron chi connectivity index (χ1n) is 7.16. The van der Waals surface area contributed by atoms with Crippen LogP contribution in [0.1, 0.15) is 36.9 Å². The van der Waals surface area contributed by atoms with Crippen LogP contribution >= 0.6 is 0 Å². The average Bonchev–Trinajstić information content (AvgIpc) is 2.85. The van der Waals surface area contributed by atoms with Crippen LogP contribution in [0.2, 0.25) is 0 Å². The van der Waals surface area contributed by atoms with Gasteiger partial charge < -0.3 is 9.15 Å². The van der Waals surface area contributed by atoms with Gasteiger partial charge in [-0.2, -0.15) is 0 Å². The van der Waals surface area contributed by atoms with Crippen molar-refractivity contribution in [3.8, 4) is 0 Å². The predicted molar refractivity (Wildman–Crippen MR) is 82.2 cm³/mol. The molecule has 23 heavy (non-hydrogen) atoms. The molecular weight excluding hydrogens is 300 g/mol. The molecule has 7 heteroatoms. The van der Waals surface area contributed by atoms with Crippen LogP contribution in [0.25, 0.3) is 11.0 Å². The minimum absolute atomic E-state index is 0.0000737. The molecule has 1 heterocycles. The Labute approximate surface area is 133 Å². The van der Waals surface area contributed by atoms with Crippen LogP contribution in [0.5, 0.6) is 0 Å². The molecule has 0 spiro atoms. The molecule has 2 aromatic rings. The lowest BCUT2D eigenvalue weighted by Crippen LogP contribution is -2.43. The molecule has 0 radical (unpaired) electrons. The summed E-state index contributed by atoms with van der Waals surface area (Å²) < 4.78 is 10.6. The number of hydrogen-bond acceptors (Lipinski definition) is 5. The van der Waals surface area contributed by atoms with Crippen LogP contribution in [0, 0.1) is 0 Å². The molecule has 0 aliphatic carbocycles. The van der Waals surface area contributed by atoms with E-state index in [2.05, 4.69) is 5.43 Å². The predicted octanol–water partition coefficient (Wildman–Crippen LogP) is 2.01. The fourth-order valence-corrected chi connectivity index (χ4v) is 2.20. The molecule has 0 aliphatic heterocycles. The number of hydrazine groups is 1. The zero-order valence-electron chi connectivity index (χ0n) is 13.2. The quantitative estimate of drug-likeness (QED) is 0.688. The first kappa shape index (κ1) is 16.5. The maximum absolute atomic E-state index is 12.1. The highest BCUT2D eigenvalue weighted by molar-refractivity contribution is 5.96. The van der Waals surface area contributed by atoms with Crippen molar-refractivity contribution in [2.45, 2.75) is 27.3 Å². The Morgan fingerprint density at radius 1 is 1.22 bits per heavy atom. The molecule has 1 aromatic heterocycles. The molecule has 0 saturated heterocycles. The summed E-state index contributed by atoms with van der Waals surface area (Å²) in [6.07, 6.45) is 0. The zero-order chi connectivity index (χ0) is 17.0. The monoisotopic (exact) mass is 318 g/mol. The minimum Gasteiger partial charge on any atom is -0.460 e. The van der Waals surface area contributed by atoms with E-state index in [1.54, 1.807) is 31.2 Å². The molecule has 0 saturated carbocycles. The zero-order valence-corrected chi connectivity index (χ0v) is 13.2. The Kier molecular flexibility index (Phi) is 5.00. The van der Waals surface area contributed by atoms with Crippen LogP contribution in [-0.2, 0) is 20.9 Å². The lowest BCUT2D eigenvalue weighted by molar-refractivity contribution is -0.139. The molecular formula is C16H18N2O5. The fraction of sp³-hybridized carbons (Fsp3) is 0.312. The Bertz CT molecular complexity index is 750. The standard InChI is InChI=1S/C16H18N2O5/c1-4-22-16(21)15-13(9-18(11(3)20)17-10(2)19)12-7-5-6-8-14(12)23-15/h5-8H,4,9H2,1-3H3,(H,17,19). The third-order valence-electron chi connectivity index (χ3n) is 3.15. The summed E-state index contributed by atoms with van der Waals surface area (Å²) in [6.45, 7) is 4.52.